The van der Waals surface area contributed by atoms with Crippen LogP contribution >= 0.6 is 0 Å². The molecule has 3 aromatic heterocycles. The van der Waals surface area contributed by atoms with E-state index < -0.39 is 0 Å². The maximum Gasteiger partial charge on any atom is 0.141 e. The molecule has 5 nitrogen and oxygen atoms in total. The zero-order chi connectivity index (χ0) is 16.8. The molecular weight excluding hydrogens is 312 g/mol. The van der Waals surface area contributed by atoms with Gasteiger partial charge in [-0.25, -0.2) is 0 Å². The molecule has 1 fully saturated rings. The molecule has 0 radical (unpaired) electrons. The van der Waals surface area contributed by atoms with Gasteiger partial charge in [0.1, 0.15) is 5.75 Å². The summed E-state index contributed by atoms with van der Waals surface area (Å²) in [4.78, 5) is 10.0. The van der Waals surface area contributed by atoms with E-state index in [0.29, 0.717) is 5.35 Å². The minimum absolute atomic E-state index is 0.236. The molecule has 1 saturated heterocycles. The highest BCUT2D eigenvalue weighted by Crippen LogP contribution is 2.23. The smallest absolute Gasteiger partial charge is 0.141 e. The van der Waals surface area contributed by atoms with E-state index in [0.717, 1.165) is 41.0 Å². The first-order chi connectivity index (χ1) is 12.2. The highest BCUT2D eigenvalue weighted by Gasteiger charge is 2.12. The highest BCUT2D eigenvalue weighted by molar-refractivity contribution is 5.60. The summed E-state index contributed by atoms with van der Waals surface area (Å²) in [6.45, 7) is 0. The number of hydrogen-bond acceptors (Lipinski definition) is 2. The van der Waals surface area contributed by atoms with Gasteiger partial charge in [0.05, 0.1) is 5.35 Å². The Morgan fingerprint density at radius 3 is 1.88 bits per heavy atom. The zero-order valence-corrected chi connectivity index (χ0v) is 13.6. The number of aromatic nitrogens is 3. The lowest BCUT2D eigenvalue weighted by atomic mass is 10.2. The number of H-pyrrole nitrogens is 3. The zero-order valence-electron chi connectivity index (χ0n) is 13.6. The van der Waals surface area contributed by atoms with Crippen LogP contribution in [0.25, 0.3) is 24.3 Å². The van der Waals surface area contributed by atoms with Crippen molar-refractivity contribution in [2.45, 2.75) is 12.8 Å². The van der Waals surface area contributed by atoms with Gasteiger partial charge in [0, 0.05) is 45.6 Å². The Hall–Kier alpha value is -3.34. The molecule has 0 atom stereocenters. The minimum atomic E-state index is 0.236. The van der Waals surface area contributed by atoms with E-state index >= 15 is 0 Å². The Morgan fingerprint density at radius 1 is 0.680 bits per heavy atom. The molecule has 5 heteroatoms. The average molecular weight is 330 g/mol. The van der Waals surface area contributed by atoms with Crippen molar-refractivity contribution in [3.8, 4) is 5.75 Å². The quantitative estimate of drug-likeness (QED) is 0.438. The second-order valence-corrected chi connectivity index (χ2v) is 6.51. The molecule has 5 heterocycles. The second kappa shape index (κ2) is 5.34. The predicted molar refractivity (Wildman–Crippen MR) is 98.8 cm³/mol. The molecule has 3 aromatic rings. The fourth-order valence-corrected chi connectivity index (χ4v) is 3.38. The maximum absolute atomic E-state index is 10.2. The van der Waals surface area contributed by atoms with E-state index in [1.807, 2.05) is 30.4 Å². The van der Waals surface area contributed by atoms with E-state index in [1.165, 1.54) is 11.4 Å². The Kier molecular flexibility index (Phi) is 3.00. The van der Waals surface area contributed by atoms with Crippen molar-refractivity contribution < 1.29 is 5.11 Å². The van der Waals surface area contributed by atoms with Gasteiger partial charge in [0.2, 0.25) is 0 Å². The van der Waals surface area contributed by atoms with Crippen LogP contribution in [0.3, 0.4) is 0 Å². The molecule has 5 N–H and O–H groups in total. The summed E-state index contributed by atoms with van der Waals surface area (Å²) in [5.74, 6) is 0.236. The molecule has 124 valence electrons. The number of nitrogens with one attached hydrogen (secondary N) is 4. The van der Waals surface area contributed by atoms with Crippen molar-refractivity contribution in [2.75, 3.05) is 0 Å². The standard InChI is InChI=1S/C20H18N4O/c25-20-11-18-9-16-4-3-14(22-16)7-12-1-2-13(21-12)8-15-5-6-17(23-15)10-19(20)24-18/h3-11,21-25H,1-2H2. The van der Waals surface area contributed by atoms with Crippen LogP contribution in [0, 0.1) is 0 Å². The number of allylic oxidation sites excluding steroid dienone is 2. The van der Waals surface area contributed by atoms with Gasteiger partial charge in [-0.05, 0) is 61.4 Å². The number of aromatic hydroxyl groups is 1. The van der Waals surface area contributed by atoms with Crippen molar-refractivity contribution in [2.24, 2.45) is 0 Å². The largest absolute Gasteiger partial charge is 0.506 e. The van der Waals surface area contributed by atoms with Crippen LogP contribution in [0.4, 0.5) is 0 Å². The summed E-state index contributed by atoms with van der Waals surface area (Å²) in [6, 6.07) is 9.89. The summed E-state index contributed by atoms with van der Waals surface area (Å²) < 4.78 is 0. The predicted octanol–water partition coefficient (Wildman–Crippen LogP) is 2.11. The SMILES string of the molecule is Oc1cc2[nH]c1=Cc1ccc([nH]1)C=C1CCC(=Cc3ccc([nH]3)C=2)N1. The third-order valence-corrected chi connectivity index (χ3v) is 4.56. The van der Waals surface area contributed by atoms with Crippen molar-refractivity contribution >= 4 is 24.3 Å². The van der Waals surface area contributed by atoms with E-state index in [4.69, 9.17) is 0 Å². The summed E-state index contributed by atoms with van der Waals surface area (Å²) in [5, 5.41) is 15.2. The van der Waals surface area contributed by atoms with E-state index in [9.17, 15) is 5.11 Å². The van der Waals surface area contributed by atoms with Crippen molar-refractivity contribution in [3.05, 3.63) is 75.2 Å². The van der Waals surface area contributed by atoms with Gasteiger partial charge < -0.3 is 25.4 Å². The first kappa shape index (κ1) is 14.0. The summed E-state index contributed by atoms with van der Waals surface area (Å²) in [7, 11) is 0. The van der Waals surface area contributed by atoms with Gasteiger partial charge in [-0.3, -0.25) is 0 Å². The molecule has 2 aliphatic heterocycles. The molecular formula is C20H18N4O. The van der Waals surface area contributed by atoms with Gasteiger partial charge in [-0.2, -0.15) is 0 Å². The van der Waals surface area contributed by atoms with Gasteiger partial charge in [0.25, 0.3) is 0 Å². The Labute approximate surface area is 144 Å². The molecule has 25 heavy (non-hydrogen) atoms. The Balaban J connectivity index is 1.72. The third kappa shape index (κ3) is 2.70. The van der Waals surface area contributed by atoms with Crippen LogP contribution < -0.4 is 16.0 Å². The molecule has 0 unspecified atom stereocenters. The lowest BCUT2D eigenvalue weighted by molar-refractivity contribution is 0.471. The molecule has 0 aromatic carbocycles. The third-order valence-electron chi connectivity index (χ3n) is 4.56. The second-order valence-electron chi connectivity index (χ2n) is 6.51. The summed E-state index contributed by atoms with van der Waals surface area (Å²) in [5.41, 5.74) is 6.45. The summed E-state index contributed by atoms with van der Waals surface area (Å²) in [6.07, 6.45) is 10.2. The summed E-state index contributed by atoms with van der Waals surface area (Å²) >= 11 is 0. The Morgan fingerprint density at radius 2 is 1.24 bits per heavy atom. The monoisotopic (exact) mass is 330 g/mol. The maximum atomic E-state index is 10.2. The van der Waals surface area contributed by atoms with Crippen molar-refractivity contribution in [1.82, 2.24) is 20.3 Å². The normalized spacial score (nSPS) is 15.7. The average Bonchev–Trinajstić information content (AvgIpc) is 3.33. The van der Waals surface area contributed by atoms with Crippen LogP contribution in [-0.4, -0.2) is 20.1 Å². The van der Waals surface area contributed by atoms with E-state index in [1.54, 1.807) is 6.07 Å². The van der Waals surface area contributed by atoms with E-state index in [2.05, 4.69) is 38.5 Å². The van der Waals surface area contributed by atoms with Crippen LogP contribution in [0.5, 0.6) is 5.75 Å². The fraction of sp³-hybridized carbons (Fsp3) is 0.100. The van der Waals surface area contributed by atoms with Crippen molar-refractivity contribution in [3.63, 3.8) is 0 Å². The molecule has 0 spiro atoms. The van der Waals surface area contributed by atoms with Crippen LogP contribution in [0.1, 0.15) is 35.6 Å². The Bertz CT molecular complexity index is 1140. The minimum Gasteiger partial charge on any atom is -0.506 e. The molecule has 2 aliphatic rings. The van der Waals surface area contributed by atoms with Crippen molar-refractivity contribution in [1.29, 1.82) is 0 Å². The number of aromatic amines is 3. The lowest BCUT2D eigenvalue weighted by Crippen LogP contribution is -2.09. The van der Waals surface area contributed by atoms with Gasteiger partial charge >= 0.3 is 0 Å². The van der Waals surface area contributed by atoms with Gasteiger partial charge in [-0.1, -0.05) is 0 Å². The lowest BCUT2D eigenvalue weighted by Gasteiger charge is -2.00. The number of hydrogen-bond donors (Lipinski definition) is 5. The number of rotatable bonds is 0. The first-order valence-electron chi connectivity index (χ1n) is 8.39. The molecule has 8 bridgehead atoms. The highest BCUT2D eigenvalue weighted by atomic mass is 16.3. The molecule has 5 rings (SSSR count). The topological polar surface area (TPSA) is 79.6 Å². The van der Waals surface area contributed by atoms with Crippen LogP contribution in [0.2, 0.25) is 0 Å². The van der Waals surface area contributed by atoms with Gasteiger partial charge in [-0.15, -0.1) is 0 Å². The number of fused-ring (bicyclic) bond motifs is 8. The molecule has 0 saturated carbocycles. The first-order valence-corrected chi connectivity index (χ1v) is 8.39. The van der Waals surface area contributed by atoms with Crippen LogP contribution in [0.15, 0.2) is 41.7 Å². The van der Waals surface area contributed by atoms with Gasteiger partial charge in [0.15, 0.2) is 0 Å². The molecule has 0 aliphatic carbocycles. The van der Waals surface area contributed by atoms with E-state index in [-0.39, 0.29) is 5.75 Å². The molecule has 0 amide bonds. The fourth-order valence-electron chi connectivity index (χ4n) is 3.38. The van der Waals surface area contributed by atoms with Crippen LogP contribution in [-0.2, 0) is 0 Å².